The quantitative estimate of drug-likeness (QED) is 0.798. The summed E-state index contributed by atoms with van der Waals surface area (Å²) in [6, 6.07) is -0.393. The molecule has 3 unspecified atom stereocenters. The molecule has 3 aliphatic heterocycles. The van der Waals surface area contributed by atoms with Gasteiger partial charge in [0.1, 0.15) is 12.1 Å². The van der Waals surface area contributed by atoms with Gasteiger partial charge in [-0.15, -0.1) is 0 Å². The Morgan fingerprint density at radius 2 is 2.10 bits per heavy atom. The zero-order valence-electron chi connectivity index (χ0n) is 12.4. The van der Waals surface area contributed by atoms with Crippen LogP contribution in [0.15, 0.2) is 0 Å². The van der Waals surface area contributed by atoms with E-state index in [1.165, 1.54) is 12.2 Å². The van der Waals surface area contributed by atoms with Crippen LogP contribution in [0.5, 0.6) is 0 Å². The van der Waals surface area contributed by atoms with Gasteiger partial charge in [0.15, 0.2) is 0 Å². The molecule has 0 aromatic heterocycles. The summed E-state index contributed by atoms with van der Waals surface area (Å²) in [6.07, 6.45) is 4.93. The van der Waals surface area contributed by atoms with Gasteiger partial charge >= 0.3 is 0 Å². The number of thioether (sulfide) groups is 1. The third kappa shape index (κ3) is 2.24. The first-order chi connectivity index (χ1) is 9.56. The van der Waals surface area contributed by atoms with Crippen molar-refractivity contribution in [3.05, 3.63) is 0 Å². The second-order valence-corrected chi connectivity index (χ2v) is 8.16. The molecular weight excluding hydrogens is 272 g/mol. The third-order valence-electron chi connectivity index (χ3n) is 4.96. The standard InChI is InChI=1S/C15H24N2O2S/c1-3-11-13(18)16-8-4-6-12(16)14(19)17(11)10-15(2)7-5-9-20-15/h11-12H,3-10H2,1-2H3. The minimum atomic E-state index is -0.227. The van der Waals surface area contributed by atoms with Crippen LogP contribution >= 0.6 is 11.8 Å². The van der Waals surface area contributed by atoms with Gasteiger partial charge in [-0.1, -0.05) is 6.92 Å². The summed E-state index contributed by atoms with van der Waals surface area (Å²) in [5.41, 5.74) is 0. The monoisotopic (exact) mass is 296 g/mol. The summed E-state index contributed by atoms with van der Waals surface area (Å²) in [7, 11) is 0. The van der Waals surface area contributed by atoms with Gasteiger partial charge in [0.05, 0.1) is 0 Å². The summed E-state index contributed by atoms with van der Waals surface area (Å²) in [4.78, 5) is 29.1. The fourth-order valence-corrected chi connectivity index (χ4v) is 5.16. The first kappa shape index (κ1) is 14.2. The summed E-state index contributed by atoms with van der Waals surface area (Å²) in [6.45, 7) is 5.77. The van der Waals surface area contributed by atoms with Gasteiger partial charge < -0.3 is 9.80 Å². The Bertz CT molecular complexity index is 420. The Morgan fingerprint density at radius 1 is 1.30 bits per heavy atom. The van der Waals surface area contributed by atoms with Crippen LogP contribution in [0.3, 0.4) is 0 Å². The average molecular weight is 296 g/mol. The van der Waals surface area contributed by atoms with E-state index in [1.54, 1.807) is 0 Å². The number of amides is 2. The van der Waals surface area contributed by atoms with Crippen LogP contribution in [0.1, 0.15) is 46.0 Å². The van der Waals surface area contributed by atoms with Crippen molar-refractivity contribution in [1.29, 1.82) is 0 Å². The highest BCUT2D eigenvalue weighted by atomic mass is 32.2. The maximum absolute atomic E-state index is 12.8. The van der Waals surface area contributed by atoms with Gasteiger partial charge in [-0.05, 0) is 44.8 Å². The van der Waals surface area contributed by atoms with E-state index in [0.29, 0.717) is 0 Å². The predicted molar refractivity (Wildman–Crippen MR) is 80.6 cm³/mol. The lowest BCUT2D eigenvalue weighted by Gasteiger charge is -2.44. The van der Waals surface area contributed by atoms with Gasteiger partial charge in [0, 0.05) is 17.8 Å². The van der Waals surface area contributed by atoms with Crippen molar-refractivity contribution < 1.29 is 9.59 Å². The zero-order valence-corrected chi connectivity index (χ0v) is 13.2. The molecule has 0 radical (unpaired) electrons. The topological polar surface area (TPSA) is 40.6 Å². The molecule has 3 heterocycles. The average Bonchev–Trinajstić information content (AvgIpc) is 3.05. The Labute approximate surface area is 125 Å². The zero-order chi connectivity index (χ0) is 14.3. The number of carbonyl (C=O) groups excluding carboxylic acids is 2. The van der Waals surface area contributed by atoms with Crippen LogP contribution in [-0.4, -0.2) is 57.3 Å². The summed E-state index contributed by atoms with van der Waals surface area (Å²) >= 11 is 1.96. The smallest absolute Gasteiger partial charge is 0.246 e. The molecule has 3 rings (SSSR count). The third-order valence-corrected chi connectivity index (χ3v) is 6.48. The molecule has 4 nitrogen and oxygen atoms in total. The number of carbonyl (C=O) groups is 2. The Kier molecular flexibility index (Phi) is 3.73. The van der Waals surface area contributed by atoms with Gasteiger partial charge in [0.2, 0.25) is 11.8 Å². The lowest BCUT2D eigenvalue weighted by Crippen LogP contribution is -2.64. The molecule has 0 spiro atoms. The Morgan fingerprint density at radius 3 is 2.75 bits per heavy atom. The van der Waals surface area contributed by atoms with Crippen molar-refractivity contribution in [2.75, 3.05) is 18.8 Å². The summed E-state index contributed by atoms with van der Waals surface area (Å²) in [5.74, 6) is 1.56. The first-order valence-electron chi connectivity index (χ1n) is 7.81. The highest BCUT2D eigenvalue weighted by Crippen LogP contribution is 2.40. The first-order valence-corrected chi connectivity index (χ1v) is 8.79. The normalized spacial score (nSPS) is 37.7. The molecule has 20 heavy (non-hydrogen) atoms. The second kappa shape index (κ2) is 5.24. The molecule has 2 amide bonds. The van der Waals surface area contributed by atoms with E-state index in [9.17, 15) is 9.59 Å². The highest BCUT2D eigenvalue weighted by molar-refractivity contribution is 8.00. The fraction of sp³-hybridized carbons (Fsp3) is 0.867. The Hall–Kier alpha value is -0.710. The van der Waals surface area contributed by atoms with Crippen LogP contribution in [0.2, 0.25) is 0 Å². The number of piperazine rings is 1. The molecule has 0 N–H and O–H groups in total. The SMILES string of the molecule is CCC1C(=O)N2CCCC2C(=O)N1CC1(C)CCCS1. The van der Waals surface area contributed by atoms with Crippen LogP contribution in [0.25, 0.3) is 0 Å². The number of rotatable bonds is 3. The van der Waals surface area contributed by atoms with Crippen molar-refractivity contribution in [1.82, 2.24) is 9.80 Å². The van der Waals surface area contributed by atoms with Crippen LogP contribution < -0.4 is 0 Å². The van der Waals surface area contributed by atoms with E-state index in [0.717, 1.165) is 38.8 Å². The maximum atomic E-state index is 12.8. The van der Waals surface area contributed by atoms with Crippen molar-refractivity contribution in [3.8, 4) is 0 Å². The summed E-state index contributed by atoms with van der Waals surface area (Å²) in [5, 5.41) is 0. The number of hydrogen-bond donors (Lipinski definition) is 0. The molecule has 112 valence electrons. The van der Waals surface area contributed by atoms with E-state index in [4.69, 9.17) is 0 Å². The van der Waals surface area contributed by atoms with Crippen LogP contribution in [0, 0.1) is 0 Å². The fourth-order valence-electron chi connectivity index (χ4n) is 3.86. The largest absolute Gasteiger partial charge is 0.329 e. The lowest BCUT2D eigenvalue weighted by molar-refractivity contribution is -0.159. The predicted octanol–water partition coefficient (Wildman–Crippen LogP) is 1.88. The molecule has 0 aromatic rings. The molecule has 3 atom stereocenters. The molecule has 3 saturated heterocycles. The van der Waals surface area contributed by atoms with E-state index in [1.807, 2.05) is 28.5 Å². The molecule has 3 fully saturated rings. The van der Waals surface area contributed by atoms with E-state index in [2.05, 4.69) is 6.92 Å². The van der Waals surface area contributed by atoms with Crippen molar-refractivity contribution >= 4 is 23.6 Å². The van der Waals surface area contributed by atoms with E-state index >= 15 is 0 Å². The molecule has 5 heteroatoms. The minimum Gasteiger partial charge on any atom is -0.329 e. The van der Waals surface area contributed by atoms with E-state index < -0.39 is 0 Å². The molecule has 3 aliphatic rings. The molecule has 0 aromatic carbocycles. The van der Waals surface area contributed by atoms with Crippen LogP contribution in [-0.2, 0) is 9.59 Å². The van der Waals surface area contributed by atoms with Crippen molar-refractivity contribution in [3.63, 3.8) is 0 Å². The molecule has 0 saturated carbocycles. The van der Waals surface area contributed by atoms with Crippen molar-refractivity contribution in [2.45, 2.75) is 62.8 Å². The van der Waals surface area contributed by atoms with Gasteiger partial charge in [0.25, 0.3) is 0 Å². The van der Waals surface area contributed by atoms with Crippen molar-refractivity contribution in [2.24, 2.45) is 0 Å². The number of nitrogens with zero attached hydrogens (tertiary/aromatic N) is 2. The molecule has 0 bridgehead atoms. The maximum Gasteiger partial charge on any atom is 0.246 e. The second-order valence-electron chi connectivity index (χ2n) is 6.48. The van der Waals surface area contributed by atoms with Gasteiger partial charge in [-0.2, -0.15) is 11.8 Å². The lowest BCUT2D eigenvalue weighted by atomic mass is 9.98. The number of fused-ring (bicyclic) bond motifs is 1. The molecular formula is C15H24N2O2S. The highest BCUT2D eigenvalue weighted by Gasteiger charge is 2.48. The molecule has 0 aliphatic carbocycles. The summed E-state index contributed by atoms with van der Waals surface area (Å²) < 4.78 is 0.143. The van der Waals surface area contributed by atoms with E-state index in [-0.39, 0.29) is 28.6 Å². The number of hydrogen-bond acceptors (Lipinski definition) is 3. The van der Waals surface area contributed by atoms with Gasteiger partial charge in [-0.25, -0.2) is 0 Å². The van der Waals surface area contributed by atoms with Gasteiger partial charge in [-0.3, -0.25) is 9.59 Å². The Balaban J connectivity index is 1.83. The van der Waals surface area contributed by atoms with Crippen LogP contribution in [0.4, 0.5) is 0 Å². The minimum absolute atomic E-state index is 0.143.